The maximum atomic E-state index is 12.5. The standard InChI is InChI=1S/C19H23N3OS/c1-11-12(2)20-19(21-13(11)3)24-14(4)18(23)22-17-9-8-15-6-5-7-16(15)10-17/h8-10,14H,5-7H2,1-4H3,(H,22,23)/t14-/m0/s1. The number of nitrogens with one attached hydrogen (secondary N) is 1. The maximum absolute atomic E-state index is 12.5. The number of benzene rings is 1. The Bertz CT molecular complexity index is 765. The fraction of sp³-hybridized carbons (Fsp3) is 0.421. The Balaban J connectivity index is 1.67. The molecule has 0 saturated heterocycles. The summed E-state index contributed by atoms with van der Waals surface area (Å²) in [6.07, 6.45) is 3.47. The molecule has 1 aromatic carbocycles. The quantitative estimate of drug-likeness (QED) is 0.674. The Morgan fingerprint density at radius 3 is 2.50 bits per heavy atom. The van der Waals surface area contributed by atoms with Crippen LogP contribution in [-0.4, -0.2) is 21.1 Å². The molecular formula is C19H23N3OS. The van der Waals surface area contributed by atoms with Gasteiger partial charge in [-0.3, -0.25) is 4.79 Å². The number of thioether (sulfide) groups is 1. The van der Waals surface area contributed by atoms with Crippen LogP contribution in [-0.2, 0) is 17.6 Å². The molecule has 1 aliphatic rings. The molecule has 1 N–H and O–H groups in total. The average molecular weight is 341 g/mol. The fourth-order valence-electron chi connectivity index (χ4n) is 2.90. The number of rotatable bonds is 4. The minimum absolute atomic E-state index is 0.0163. The second-order valence-electron chi connectivity index (χ2n) is 6.39. The van der Waals surface area contributed by atoms with Crippen molar-refractivity contribution in [1.29, 1.82) is 0 Å². The van der Waals surface area contributed by atoms with Crippen LogP contribution in [0, 0.1) is 20.8 Å². The van der Waals surface area contributed by atoms with Crippen LogP contribution in [0.3, 0.4) is 0 Å². The molecule has 2 aromatic rings. The summed E-state index contributed by atoms with van der Waals surface area (Å²) in [7, 11) is 0. The van der Waals surface area contributed by atoms with E-state index in [9.17, 15) is 4.79 Å². The Labute approximate surface area is 147 Å². The molecule has 24 heavy (non-hydrogen) atoms. The third-order valence-corrected chi connectivity index (χ3v) is 5.59. The van der Waals surface area contributed by atoms with Crippen molar-refractivity contribution in [2.24, 2.45) is 0 Å². The summed E-state index contributed by atoms with van der Waals surface area (Å²) in [6.45, 7) is 7.86. The van der Waals surface area contributed by atoms with E-state index in [1.54, 1.807) is 0 Å². The molecule has 4 nitrogen and oxygen atoms in total. The predicted octanol–water partition coefficient (Wildman–Crippen LogP) is 4.01. The highest BCUT2D eigenvalue weighted by atomic mass is 32.2. The number of aromatic nitrogens is 2. The Kier molecular flexibility index (Phi) is 4.90. The van der Waals surface area contributed by atoms with Gasteiger partial charge in [-0.15, -0.1) is 0 Å². The molecular weight excluding hydrogens is 318 g/mol. The summed E-state index contributed by atoms with van der Waals surface area (Å²) in [5.41, 5.74) is 6.70. The summed E-state index contributed by atoms with van der Waals surface area (Å²) in [5, 5.41) is 3.43. The molecule has 1 amide bonds. The lowest BCUT2D eigenvalue weighted by molar-refractivity contribution is -0.115. The fourth-order valence-corrected chi connectivity index (χ4v) is 3.76. The zero-order valence-corrected chi connectivity index (χ0v) is 15.5. The normalized spacial score (nSPS) is 14.3. The van der Waals surface area contributed by atoms with E-state index >= 15 is 0 Å². The van der Waals surface area contributed by atoms with Gasteiger partial charge >= 0.3 is 0 Å². The molecule has 0 spiro atoms. The Morgan fingerprint density at radius 2 is 1.79 bits per heavy atom. The van der Waals surface area contributed by atoms with Gasteiger partial charge in [0, 0.05) is 17.1 Å². The van der Waals surface area contributed by atoms with Gasteiger partial charge < -0.3 is 5.32 Å². The summed E-state index contributed by atoms with van der Waals surface area (Å²) >= 11 is 1.40. The minimum Gasteiger partial charge on any atom is -0.325 e. The third kappa shape index (κ3) is 3.61. The molecule has 0 saturated carbocycles. The van der Waals surface area contributed by atoms with Crippen LogP contribution in [0.2, 0.25) is 0 Å². The van der Waals surface area contributed by atoms with Crippen LogP contribution in [0.1, 0.15) is 41.4 Å². The lowest BCUT2D eigenvalue weighted by Gasteiger charge is -2.13. The number of anilines is 1. The van der Waals surface area contributed by atoms with Gasteiger partial charge in [-0.2, -0.15) is 0 Å². The van der Waals surface area contributed by atoms with Crippen LogP contribution in [0.25, 0.3) is 0 Å². The molecule has 0 aliphatic heterocycles. The van der Waals surface area contributed by atoms with E-state index in [0.717, 1.165) is 35.5 Å². The number of hydrogen-bond donors (Lipinski definition) is 1. The Morgan fingerprint density at radius 1 is 1.12 bits per heavy atom. The first-order chi connectivity index (χ1) is 11.4. The topological polar surface area (TPSA) is 54.9 Å². The molecule has 3 rings (SSSR count). The summed E-state index contributed by atoms with van der Waals surface area (Å²) in [6, 6.07) is 6.23. The van der Waals surface area contributed by atoms with Gasteiger partial charge in [-0.1, -0.05) is 17.8 Å². The van der Waals surface area contributed by atoms with Crippen LogP contribution in [0.15, 0.2) is 23.4 Å². The average Bonchev–Trinajstić information content (AvgIpc) is 3.00. The summed E-state index contributed by atoms with van der Waals surface area (Å²) in [5.74, 6) is -0.0163. The van der Waals surface area contributed by atoms with Gasteiger partial charge in [-0.05, 0) is 75.8 Å². The largest absolute Gasteiger partial charge is 0.325 e. The van der Waals surface area contributed by atoms with Gasteiger partial charge in [0.2, 0.25) is 5.91 Å². The van der Waals surface area contributed by atoms with Crippen LogP contribution < -0.4 is 5.32 Å². The van der Waals surface area contributed by atoms with Gasteiger partial charge in [-0.25, -0.2) is 9.97 Å². The Hall–Kier alpha value is -1.88. The van der Waals surface area contributed by atoms with Gasteiger partial charge in [0.15, 0.2) is 5.16 Å². The number of aryl methyl sites for hydroxylation is 4. The third-order valence-electron chi connectivity index (χ3n) is 4.63. The second kappa shape index (κ2) is 6.93. The SMILES string of the molecule is Cc1nc(S[C@@H](C)C(=O)Nc2ccc3c(c2)CCC3)nc(C)c1C. The molecule has 0 bridgehead atoms. The van der Waals surface area contributed by atoms with Crippen molar-refractivity contribution in [3.63, 3.8) is 0 Å². The first kappa shape index (κ1) is 17.0. The molecule has 1 aliphatic carbocycles. The number of carbonyl (C=O) groups excluding carboxylic acids is 1. The molecule has 1 atom stereocenters. The number of hydrogen-bond acceptors (Lipinski definition) is 4. The number of amides is 1. The van der Waals surface area contributed by atoms with E-state index in [2.05, 4.69) is 27.4 Å². The van der Waals surface area contributed by atoms with E-state index in [1.807, 2.05) is 33.8 Å². The van der Waals surface area contributed by atoms with Crippen molar-refractivity contribution in [3.8, 4) is 0 Å². The first-order valence-corrected chi connectivity index (χ1v) is 9.23. The van der Waals surface area contributed by atoms with E-state index in [4.69, 9.17) is 0 Å². The summed E-state index contributed by atoms with van der Waals surface area (Å²) in [4.78, 5) is 21.4. The molecule has 5 heteroatoms. The lowest BCUT2D eigenvalue weighted by Crippen LogP contribution is -2.23. The monoisotopic (exact) mass is 341 g/mol. The molecule has 126 valence electrons. The van der Waals surface area contributed by atoms with Gasteiger partial charge in [0.1, 0.15) is 0 Å². The van der Waals surface area contributed by atoms with Crippen molar-refractivity contribution in [2.45, 2.75) is 57.4 Å². The predicted molar refractivity (Wildman–Crippen MR) is 98.7 cm³/mol. The molecule has 1 heterocycles. The van der Waals surface area contributed by atoms with Crippen molar-refractivity contribution in [3.05, 3.63) is 46.3 Å². The zero-order chi connectivity index (χ0) is 17.3. The van der Waals surface area contributed by atoms with E-state index in [1.165, 1.54) is 29.3 Å². The second-order valence-corrected chi connectivity index (χ2v) is 7.70. The van der Waals surface area contributed by atoms with E-state index in [-0.39, 0.29) is 11.2 Å². The molecule has 0 fully saturated rings. The van der Waals surface area contributed by atoms with Crippen LogP contribution in [0.5, 0.6) is 0 Å². The number of carbonyl (C=O) groups is 1. The van der Waals surface area contributed by atoms with E-state index in [0.29, 0.717) is 5.16 Å². The van der Waals surface area contributed by atoms with Crippen LogP contribution in [0.4, 0.5) is 5.69 Å². The maximum Gasteiger partial charge on any atom is 0.237 e. The smallest absolute Gasteiger partial charge is 0.237 e. The van der Waals surface area contributed by atoms with Crippen molar-refractivity contribution < 1.29 is 4.79 Å². The number of nitrogens with zero attached hydrogens (tertiary/aromatic N) is 2. The lowest BCUT2D eigenvalue weighted by atomic mass is 10.1. The minimum atomic E-state index is -0.250. The van der Waals surface area contributed by atoms with Gasteiger partial charge in [0.05, 0.1) is 5.25 Å². The zero-order valence-electron chi connectivity index (χ0n) is 14.6. The van der Waals surface area contributed by atoms with Crippen LogP contribution >= 0.6 is 11.8 Å². The van der Waals surface area contributed by atoms with Gasteiger partial charge in [0.25, 0.3) is 0 Å². The summed E-state index contributed by atoms with van der Waals surface area (Å²) < 4.78 is 0. The highest BCUT2D eigenvalue weighted by molar-refractivity contribution is 8.00. The molecule has 1 aromatic heterocycles. The van der Waals surface area contributed by atoms with Crippen molar-refractivity contribution >= 4 is 23.4 Å². The first-order valence-electron chi connectivity index (χ1n) is 8.35. The highest BCUT2D eigenvalue weighted by Gasteiger charge is 2.18. The van der Waals surface area contributed by atoms with Crippen molar-refractivity contribution in [2.75, 3.05) is 5.32 Å². The highest BCUT2D eigenvalue weighted by Crippen LogP contribution is 2.26. The molecule has 0 unspecified atom stereocenters. The molecule has 0 radical (unpaired) electrons. The van der Waals surface area contributed by atoms with E-state index < -0.39 is 0 Å². The number of fused-ring (bicyclic) bond motifs is 1. The van der Waals surface area contributed by atoms with Crippen molar-refractivity contribution in [1.82, 2.24) is 9.97 Å².